The molecule has 0 aliphatic carbocycles. The highest BCUT2D eigenvalue weighted by molar-refractivity contribution is 6.35. The fourth-order valence-corrected chi connectivity index (χ4v) is 3.02. The second-order valence-electron chi connectivity index (χ2n) is 5.46. The Morgan fingerprint density at radius 3 is 3.14 bits per heavy atom. The van der Waals surface area contributed by atoms with Gasteiger partial charge in [-0.15, -0.1) is 0 Å². The van der Waals surface area contributed by atoms with Crippen LogP contribution in [0.1, 0.15) is 19.3 Å². The zero-order valence-corrected chi connectivity index (χ0v) is 12.5. The monoisotopic (exact) mass is 303 g/mol. The van der Waals surface area contributed by atoms with Gasteiger partial charge in [-0.25, -0.2) is 0 Å². The fraction of sp³-hybridized carbons (Fsp3) is 0.375. The van der Waals surface area contributed by atoms with E-state index in [-0.39, 0.29) is 5.91 Å². The average Bonchev–Trinajstić information content (AvgIpc) is 2.51. The number of pyridine rings is 1. The van der Waals surface area contributed by atoms with Crippen LogP contribution in [0.3, 0.4) is 0 Å². The number of rotatable bonds is 3. The maximum absolute atomic E-state index is 12.2. The summed E-state index contributed by atoms with van der Waals surface area (Å²) < 4.78 is 0. The van der Waals surface area contributed by atoms with Gasteiger partial charge in [-0.05, 0) is 56.1 Å². The van der Waals surface area contributed by atoms with Gasteiger partial charge in [0.15, 0.2) is 0 Å². The number of benzene rings is 1. The third-order valence-electron chi connectivity index (χ3n) is 3.86. The molecule has 1 unspecified atom stereocenters. The van der Waals surface area contributed by atoms with Gasteiger partial charge < -0.3 is 10.6 Å². The molecular formula is C16H18ClN3O. The van der Waals surface area contributed by atoms with Crippen LogP contribution >= 0.6 is 11.6 Å². The molecule has 2 aromatic rings. The van der Waals surface area contributed by atoms with Crippen LogP contribution in [0.15, 0.2) is 30.5 Å². The Hall–Kier alpha value is -1.65. The lowest BCUT2D eigenvalue weighted by Crippen LogP contribution is -2.32. The number of carbonyl (C=O) groups is 1. The lowest BCUT2D eigenvalue weighted by atomic mass is 9.96. The van der Waals surface area contributed by atoms with Gasteiger partial charge in [0.1, 0.15) is 0 Å². The van der Waals surface area contributed by atoms with Gasteiger partial charge in [-0.3, -0.25) is 9.78 Å². The Kier molecular flexibility index (Phi) is 4.36. The van der Waals surface area contributed by atoms with Crippen LogP contribution in [0.4, 0.5) is 5.69 Å². The average molecular weight is 304 g/mol. The number of anilines is 1. The van der Waals surface area contributed by atoms with E-state index in [1.807, 2.05) is 18.2 Å². The lowest BCUT2D eigenvalue weighted by molar-refractivity contribution is -0.117. The second kappa shape index (κ2) is 6.41. The van der Waals surface area contributed by atoms with E-state index in [0.717, 1.165) is 42.5 Å². The Morgan fingerprint density at radius 1 is 1.43 bits per heavy atom. The first-order valence-corrected chi connectivity index (χ1v) is 7.65. The maximum Gasteiger partial charge on any atom is 0.224 e. The number of amides is 1. The van der Waals surface area contributed by atoms with Crippen molar-refractivity contribution in [2.75, 3.05) is 18.4 Å². The van der Waals surface area contributed by atoms with E-state index in [1.165, 1.54) is 0 Å². The number of hydrogen-bond acceptors (Lipinski definition) is 3. The second-order valence-corrected chi connectivity index (χ2v) is 5.87. The van der Waals surface area contributed by atoms with Crippen LogP contribution in [0.5, 0.6) is 0 Å². The molecule has 1 saturated heterocycles. The molecule has 3 rings (SSSR count). The summed E-state index contributed by atoms with van der Waals surface area (Å²) in [6.07, 6.45) is 4.51. The Morgan fingerprint density at radius 2 is 2.33 bits per heavy atom. The number of fused-ring (bicyclic) bond motifs is 1. The standard InChI is InChI=1S/C16H18ClN3O/c17-13-5-6-14(16-12(13)4-2-8-19-16)20-15(21)9-11-3-1-7-18-10-11/h2,4-6,8,11,18H,1,3,7,9-10H2,(H,20,21). The third-order valence-corrected chi connectivity index (χ3v) is 4.19. The van der Waals surface area contributed by atoms with E-state index in [4.69, 9.17) is 11.6 Å². The number of nitrogens with zero attached hydrogens (tertiary/aromatic N) is 1. The number of nitrogens with one attached hydrogen (secondary N) is 2. The number of halogens is 1. The molecule has 110 valence electrons. The summed E-state index contributed by atoms with van der Waals surface area (Å²) in [4.78, 5) is 16.5. The fourth-order valence-electron chi connectivity index (χ4n) is 2.80. The molecular weight excluding hydrogens is 286 g/mol. The predicted octanol–water partition coefficient (Wildman–Crippen LogP) is 3.22. The van der Waals surface area contributed by atoms with Gasteiger partial charge in [0, 0.05) is 18.0 Å². The molecule has 1 atom stereocenters. The summed E-state index contributed by atoms with van der Waals surface area (Å²) in [5, 5.41) is 7.81. The summed E-state index contributed by atoms with van der Waals surface area (Å²) in [5.74, 6) is 0.461. The van der Waals surface area contributed by atoms with Crippen molar-refractivity contribution >= 4 is 34.1 Å². The van der Waals surface area contributed by atoms with Gasteiger partial charge in [0.05, 0.1) is 16.2 Å². The smallest absolute Gasteiger partial charge is 0.224 e. The van der Waals surface area contributed by atoms with Crippen LogP contribution in [0.25, 0.3) is 10.9 Å². The van der Waals surface area contributed by atoms with E-state index in [2.05, 4.69) is 15.6 Å². The minimum atomic E-state index is 0.0398. The van der Waals surface area contributed by atoms with Crippen molar-refractivity contribution in [1.29, 1.82) is 0 Å². The SMILES string of the molecule is O=C(CC1CCCNC1)Nc1ccc(Cl)c2cccnc12. The summed E-state index contributed by atoms with van der Waals surface area (Å²) in [5.41, 5.74) is 1.46. The first-order chi connectivity index (χ1) is 10.2. The highest BCUT2D eigenvalue weighted by Crippen LogP contribution is 2.28. The molecule has 1 aromatic heterocycles. The number of carbonyl (C=O) groups excluding carboxylic acids is 1. The van der Waals surface area contributed by atoms with Crippen molar-refractivity contribution in [3.05, 3.63) is 35.5 Å². The van der Waals surface area contributed by atoms with Crippen molar-refractivity contribution in [3.8, 4) is 0 Å². The molecule has 4 nitrogen and oxygen atoms in total. The van der Waals surface area contributed by atoms with Gasteiger partial charge in [-0.1, -0.05) is 11.6 Å². The van der Waals surface area contributed by atoms with E-state index in [1.54, 1.807) is 12.3 Å². The highest BCUT2D eigenvalue weighted by atomic mass is 35.5. The molecule has 2 N–H and O–H groups in total. The first-order valence-electron chi connectivity index (χ1n) is 7.28. The van der Waals surface area contributed by atoms with Gasteiger partial charge in [0.2, 0.25) is 5.91 Å². The predicted molar refractivity (Wildman–Crippen MR) is 85.6 cm³/mol. The van der Waals surface area contributed by atoms with Gasteiger partial charge >= 0.3 is 0 Å². The van der Waals surface area contributed by atoms with Crippen LogP contribution < -0.4 is 10.6 Å². The van der Waals surface area contributed by atoms with Crippen molar-refractivity contribution in [3.63, 3.8) is 0 Å². The quantitative estimate of drug-likeness (QED) is 0.915. The number of piperidine rings is 1. The molecule has 0 radical (unpaired) electrons. The van der Waals surface area contributed by atoms with Crippen LogP contribution in [0.2, 0.25) is 5.02 Å². The minimum Gasteiger partial charge on any atom is -0.324 e. The number of aromatic nitrogens is 1. The normalized spacial score (nSPS) is 18.6. The zero-order valence-electron chi connectivity index (χ0n) is 11.7. The summed E-state index contributed by atoms with van der Waals surface area (Å²) >= 11 is 6.16. The molecule has 1 amide bonds. The van der Waals surface area contributed by atoms with Crippen molar-refractivity contribution in [2.45, 2.75) is 19.3 Å². The minimum absolute atomic E-state index is 0.0398. The highest BCUT2D eigenvalue weighted by Gasteiger charge is 2.17. The third kappa shape index (κ3) is 3.34. The first kappa shape index (κ1) is 14.3. The van der Waals surface area contributed by atoms with Crippen molar-refractivity contribution in [2.24, 2.45) is 5.92 Å². The zero-order chi connectivity index (χ0) is 14.7. The van der Waals surface area contributed by atoms with Crippen molar-refractivity contribution < 1.29 is 4.79 Å². The van der Waals surface area contributed by atoms with Gasteiger partial charge in [-0.2, -0.15) is 0 Å². The van der Waals surface area contributed by atoms with Crippen LogP contribution in [-0.4, -0.2) is 24.0 Å². The van der Waals surface area contributed by atoms with E-state index in [9.17, 15) is 4.79 Å². The largest absolute Gasteiger partial charge is 0.324 e. The Balaban J connectivity index is 1.75. The molecule has 1 aliphatic heterocycles. The van der Waals surface area contributed by atoms with Crippen LogP contribution in [-0.2, 0) is 4.79 Å². The molecule has 2 heterocycles. The molecule has 0 saturated carbocycles. The molecule has 5 heteroatoms. The number of hydrogen-bond donors (Lipinski definition) is 2. The molecule has 0 bridgehead atoms. The van der Waals surface area contributed by atoms with E-state index in [0.29, 0.717) is 17.4 Å². The Bertz CT molecular complexity index is 653. The maximum atomic E-state index is 12.2. The van der Waals surface area contributed by atoms with E-state index < -0.39 is 0 Å². The lowest BCUT2D eigenvalue weighted by Gasteiger charge is -2.22. The van der Waals surface area contributed by atoms with Crippen molar-refractivity contribution in [1.82, 2.24) is 10.3 Å². The Labute approximate surface area is 128 Å². The molecule has 1 fully saturated rings. The molecule has 1 aliphatic rings. The van der Waals surface area contributed by atoms with Crippen LogP contribution in [0, 0.1) is 5.92 Å². The summed E-state index contributed by atoms with van der Waals surface area (Å²) in [6, 6.07) is 7.36. The van der Waals surface area contributed by atoms with Gasteiger partial charge in [0.25, 0.3) is 0 Å². The molecule has 1 aromatic carbocycles. The van der Waals surface area contributed by atoms with E-state index >= 15 is 0 Å². The topological polar surface area (TPSA) is 54.0 Å². The molecule has 21 heavy (non-hydrogen) atoms. The summed E-state index contributed by atoms with van der Waals surface area (Å²) in [7, 11) is 0. The molecule has 0 spiro atoms. The summed E-state index contributed by atoms with van der Waals surface area (Å²) in [6.45, 7) is 1.98.